The van der Waals surface area contributed by atoms with Crippen LogP contribution in [-0.4, -0.2) is 52.4 Å². The zero-order valence-corrected chi connectivity index (χ0v) is 29.6. The van der Waals surface area contributed by atoms with Gasteiger partial charge < -0.3 is 19.9 Å². The predicted molar refractivity (Wildman–Crippen MR) is 185 cm³/mol. The average Bonchev–Trinajstić information content (AvgIpc) is 3.52. The number of amides is 1. The summed E-state index contributed by atoms with van der Waals surface area (Å²) in [5.74, 6) is -4.57. The monoisotopic (exact) mass is 711 g/mol. The van der Waals surface area contributed by atoms with E-state index in [1.807, 2.05) is 31.9 Å². The lowest BCUT2D eigenvalue weighted by atomic mass is 9.86. The number of aromatic nitrogens is 1. The molecule has 1 aliphatic carbocycles. The number of halogens is 4. The Morgan fingerprint density at radius 3 is 2.24 bits per heavy atom. The fourth-order valence-electron chi connectivity index (χ4n) is 7.77. The van der Waals surface area contributed by atoms with Gasteiger partial charge in [-0.05, 0) is 147 Å². The lowest BCUT2D eigenvalue weighted by Crippen LogP contribution is -2.41. The van der Waals surface area contributed by atoms with Crippen LogP contribution in [0.3, 0.4) is 0 Å². The van der Waals surface area contributed by atoms with Crippen LogP contribution in [0.15, 0.2) is 41.3 Å². The first-order chi connectivity index (χ1) is 23.9. The van der Waals surface area contributed by atoms with Gasteiger partial charge in [-0.3, -0.25) is 14.4 Å². The molecule has 0 unspecified atom stereocenters. The largest absolute Gasteiger partial charge is 0.475 e. The van der Waals surface area contributed by atoms with Gasteiger partial charge >= 0.3 is 12.1 Å². The van der Waals surface area contributed by atoms with Crippen molar-refractivity contribution < 1.29 is 37.1 Å². The van der Waals surface area contributed by atoms with E-state index in [2.05, 4.69) is 5.32 Å². The molecular weight excluding hydrogens is 666 g/mol. The Labute approximate surface area is 294 Å². The van der Waals surface area contributed by atoms with Gasteiger partial charge in [-0.25, -0.2) is 9.18 Å². The second kappa shape index (κ2) is 15.1. The maximum atomic E-state index is 14.3. The van der Waals surface area contributed by atoms with Gasteiger partial charge in [0.25, 0.3) is 5.56 Å². The van der Waals surface area contributed by atoms with E-state index in [-0.39, 0.29) is 23.7 Å². The number of carbonyl (C=O) groups excluding carboxylic acids is 2. The van der Waals surface area contributed by atoms with Crippen LogP contribution in [0.1, 0.15) is 103 Å². The van der Waals surface area contributed by atoms with E-state index in [4.69, 9.17) is 0 Å². The molecular formula is C39H45F4N3O5. The number of pyridine rings is 1. The number of nitrogens with zero attached hydrogens (tertiary/aromatic N) is 2. The van der Waals surface area contributed by atoms with Crippen molar-refractivity contribution >= 4 is 17.7 Å². The van der Waals surface area contributed by atoms with Crippen molar-refractivity contribution in [3.05, 3.63) is 91.6 Å². The van der Waals surface area contributed by atoms with Gasteiger partial charge in [-0.1, -0.05) is 19.9 Å². The third kappa shape index (κ3) is 8.43. The number of carbonyl (C=O) groups is 3. The molecule has 1 aromatic heterocycles. The van der Waals surface area contributed by atoms with E-state index in [1.165, 1.54) is 18.3 Å². The number of nitrogens with one attached hydrogen (secondary N) is 1. The Bertz CT molecular complexity index is 1870. The number of Topliss-reactive ketones (excluding diaryl/α,β-unsaturated/α-hetero) is 1. The molecule has 1 amide bonds. The summed E-state index contributed by atoms with van der Waals surface area (Å²) in [4.78, 5) is 54.3. The summed E-state index contributed by atoms with van der Waals surface area (Å²) >= 11 is 0. The molecule has 0 bridgehead atoms. The molecule has 274 valence electrons. The van der Waals surface area contributed by atoms with Crippen LogP contribution < -0.4 is 10.9 Å². The van der Waals surface area contributed by atoms with Gasteiger partial charge in [0, 0.05) is 18.7 Å². The first kappa shape index (κ1) is 37.9. The van der Waals surface area contributed by atoms with Gasteiger partial charge in [-0.2, -0.15) is 13.2 Å². The fourth-order valence-corrected chi connectivity index (χ4v) is 7.77. The van der Waals surface area contributed by atoms with Crippen molar-refractivity contribution in [2.45, 2.75) is 96.8 Å². The SMILES string of the molecule is Cc1cc(F)cc(C)c1-c1cc([C@@H](CC(=O)C(=O)O)NC(=O)[C@@H](CC(C)C)n2cc(C3CCN(C)CC3)c(C(F)(F)F)cc2=O)cc2c1CCC2. The standard InChI is InChI=1S/C39H45F4N3O5/c1-21(2)13-33(46-20-30(24-9-11-45(5)12-10-24)31(18-35(46)48)39(41,42)43)37(49)44-32(19-34(47)38(50)51)26-16-25-7-6-8-28(25)29(17-26)36-22(3)14-27(40)15-23(36)4/h14-18,20-21,24,32-33H,6-13,19H2,1-5H3,(H,44,49)(H,50,51)/t32-,33-/m1/s1. The number of alkyl halides is 3. The number of aliphatic carboxylic acids is 1. The molecule has 1 saturated heterocycles. The van der Waals surface area contributed by atoms with Crippen molar-refractivity contribution in [3.8, 4) is 11.1 Å². The molecule has 0 radical (unpaired) electrons. The van der Waals surface area contributed by atoms with Gasteiger partial charge in [0.05, 0.1) is 11.6 Å². The van der Waals surface area contributed by atoms with E-state index in [1.54, 1.807) is 19.9 Å². The number of hydrogen-bond donors (Lipinski definition) is 2. The Balaban J connectivity index is 1.60. The highest BCUT2D eigenvalue weighted by molar-refractivity contribution is 6.32. The van der Waals surface area contributed by atoms with Crippen molar-refractivity contribution in [2.75, 3.05) is 20.1 Å². The number of piperidine rings is 1. The highest BCUT2D eigenvalue weighted by atomic mass is 19.4. The van der Waals surface area contributed by atoms with E-state index < -0.39 is 59.4 Å². The molecule has 1 aliphatic heterocycles. The fraction of sp³-hybridized carbons (Fsp3) is 0.487. The van der Waals surface area contributed by atoms with Crippen LogP contribution in [0.4, 0.5) is 17.6 Å². The van der Waals surface area contributed by atoms with E-state index in [0.717, 1.165) is 39.7 Å². The highest BCUT2D eigenvalue weighted by Crippen LogP contribution is 2.41. The molecule has 0 spiro atoms. The van der Waals surface area contributed by atoms with Crippen LogP contribution in [0.2, 0.25) is 0 Å². The molecule has 12 heteroatoms. The quantitative estimate of drug-likeness (QED) is 0.163. The van der Waals surface area contributed by atoms with Crippen LogP contribution >= 0.6 is 0 Å². The summed E-state index contributed by atoms with van der Waals surface area (Å²) in [5.41, 5.74) is 3.45. The summed E-state index contributed by atoms with van der Waals surface area (Å²) in [5, 5.41) is 12.4. The first-order valence-electron chi connectivity index (χ1n) is 17.5. The van der Waals surface area contributed by atoms with Crippen molar-refractivity contribution in [2.24, 2.45) is 5.92 Å². The number of fused-ring (bicyclic) bond motifs is 1. The zero-order valence-electron chi connectivity index (χ0n) is 29.6. The third-order valence-electron chi connectivity index (χ3n) is 10.3. The topological polar surface area (TPSA) is 109 Å². The van der Waals surface area contributed by atoms with Crippen LogP contribution in [0, 0.1) is 25.6 Å². The molecule has 8 nitrogen and oxygen atoms in total. The molecule has 2 atom stereocenters. The van der Waals surface area contributed by atoms with E-state index in [0.29, 0.717) is 55.1 Å². The van der Waals surface area contributed by atoms with E-state index >= 15 is 0 Å². The maximum Gasteiger partial charge on any atom is 0.416 e. The number of hydrogen-bond acceptors (Lipinski definition) is 5. The smallest absolute Gasteiger partial charge is 0.416 e. The lowest BCUT2D eigenvalue weighted by Gasteiger charge is -2.32. The number of carboxylic acid groups (broad SMARTS) is 1. The Morgan fingerprint density at radius 2 is 1.65 bits per heavy atom. The predicted octanol–water partition coefficient (Wildman–Crippen LogP) is 7.08. The first-order valence-corrected chi connectivity index (χ1v) is 17.5. The summed E-state index contributed by atoms with van der Waals surface area (Å²) in [7, 11) is 1.89. The molecule has 3 aromatic rings. The average molecular weight is 712 g/mol. The van der Waals surface area contributed by atoms with Gasteiger partial charge in [0.1, 0.15) is 11.9 Å². The Kier molecular flexibility index (Phi) is 11.2. The van der Waals surface area contributed by atoms with E-state index in [9.17, 15) is 41.8 Å². The summed E-state index contributed by atoms with van der Waals surface area (Å²) in [6, 6.07) is 4.70. The number of ketones is 1. The minimum atomic E-state index is -4.78. The molecule has 5 rings (SSSR count). The number of carboxylic acids is 1. The molecule has 2 aromatic carbocycles. The second-order valence-corrected chi connectivity index (χ2v) is 14.6. The molecule has 0 saturated carbocycles. The van der Waals surface area contributed by atoms with Gasteiger partial charge in [0.2, 0.25) is 11.7 Å². The second-order valence-electron chi connectivity index (χ2n) is 14.6. The highest BCUT2D eigenvalue weighted by Gasteiger charge is 2.38. The Hall–Kier alpha value is -4.32. The van der Waals surface area contributed by atoms with Crippen molar-refractivity contribution in [1.82, 2.24) is 14.8 Å². The molecule has 51 heavy (non-hydrogen) atoms. The minimum Gasteiger partial charge on any atom is -0.475 e. The number of rotatable bonds is 11. The van der Waals surface area contributed by atoms with Crippen LogP contribution in [0.25, 0.3) is 11.1 Å². The van der Waals surface area contributed by atoms with Crippen LogP contribution in [-0.2, 0) is 33.4 Å². The molecule has 1 fully saturated rings. The lowest BCUT2D eigenvalue weighted by molar-refractivity contribution is -0.149. The summed E-state index contributed by atoms with van der Waals surface area (Å²) in [6.45, 7) is 8.39. The van der Waals surface area contributed by atoms with Crippen molar-refractivity contribution in [1.29, 1.82) is 0 Å². The van der Waals surface area contributed by atoms with Gasteiger partial charge in [0.15, 0.2) is 0 Å². The number of likely N-dealkylation sites (tertiary alicyclic amines) is 1. The molecule has 2 aliphatic rings. The Morgan fingerprint density at radius 1 is 1.00 bits per heavy atom. The number of aryl methyl sites for hydroxylation is 3. The third-order valence-corrected chi connectivity index (χ3v) is 10.3. The maximum absolute atomic E-state index is 14.3. The summed E-state index contributed by atoms with van der Waals surface area (Å²) in [6.07, 6.45) is -0.884. The van der Waals surface area contributed by atoms with Crippen LogP contribution in [0.5, 0.6) is 0 Å². The zero-order chi connectivity index (χ0) is 37.4. The van der Waals surface area contributed by atoms with Crippen molar-refractivity contribution in [3.63, 3.8) is 0 Å². The summed E-state index contributed by atoms with van der Waals surface area (Å²) < 4.78 is 58.2. The number of benzene rings is 2. The minimum absolute atomic E-state index is 0.0392. The molecule has 2 heterocycles. The molecule has 2 N–H and O–H groups in total. The van der Waals surface area contributed by atoms with Gasteiger partial charge in [-0.15, -0.1) is 0 Å². The normalized spacial score (nSPS) is 16.6.